The van der Waals surface area contributed by atoms with Crippen molar-refractivity contribution in [1.82, 2.24) is 14.9 Å². The molecule has 0 aliphatic carbocycles. The summed E-state index contributed by atoms with van der Waals surface area (Å²) in [6.45, 7) is 7.60. The van der Waals surface area contributed by atoms with Crippen molar-refractivity contribution < 1.29 is 4.74 Å². The fourth-order valence-electron chi connectivity index (χ4n) is 6.16. The van der Waals surface area contributed by atoms with E-state index >= 15 is 0 Å². The first-order chi connectivity index (χ1) is 17.6. The third-order valence-electron chi connectivity index (χ3n) is 8.37. The fraction of sp³-hybridized carbons (Fsp3) is 0.517. The number of halogens is 1. The van der Waals surface area contributed by atoms with Gasteiger partial charge in [0.05, 0.1) is 12.2 Å². The van der Waals surface area contributed by atoms with Crippen LogP contribution in [0.4, 0.5) is 11.5 Å². The van der Waals surface area contributed by atoms with E-state index in [1.54, 1.807) is 0 Å². The third kappa shape index (κ3) is 5.22. The number of benzene rings is 2. The second-order valence-electron chi connectivity index (χ2n) is 10.8. The van der Waals surface area contributed by atoms with Crippen LogP contribution in [0.3, 0.4) is 0 Å². The van der Waals surface area contributed by atoms with Crippen LogP contribution in [-0.2, 0) is 13.0 Å². The summed E-state index contributed by atoms with van der Waals surface area (Å²) in [5.74, 6) is 1.07. The molecule has 7 nitrogen and oxygen atoms in total. The van der Waals surface area contributed by atoms with Crippen LogP contribution in [0.5, 0.6) is 6.01 Å². The summed E-state index contributed by atoms with van der Waals surface area (Å²) < 4.78 is 6.28. The van der Waals surface area contributed by atoms with E-state index in [-0.39, 0.29) is 18.4 Å². The quantitative estimate of drug-likeness (QED) is 0.535. The van der Waals surface area contributed by atoms with Gasteiger partial charge in [0.2, 0.25) is 0 Å². The number of hydrogen-bond donors (Lipinski definition) is 1. The Morgan fingerprint density at radius 3 is 2.51 bits per heavy atom. The van der Waals surface area contributed by atoms with Gasteiger partial charge in [-0.15, -0.1) is 12.4 Å². The van der Waals surface area contributed by atoms with E-state index in [9.17, 15) is 0 Å². The lowest BCUT2D eigenvalue weighted by Crippen LogP contribution is -2.41. The van der Waals surface area contributed by atoms with Crippen LogP contribution >= 0.6 is 12.4 Å². The van der Waals surface area contributed by atoms with Crippen LogP contribution < -0.4 is 20.3 Å². The highest BCUT2D eigenvalue weighted by atomic mass is 35.5. The lowest BCUT2D eigenvalue weighted by Gasteiger charge is -2.36. The fourth-order valence-corrected chi connectivity index (χ4v) is 6.16. The van der Waals surface area contributed by atoms with E-state index in [2.05, 4.69) is 65.1 Å². The van der Waals surface area contributed by atoms with Crippen molar-refractivity contribution in [2.45, 2.75) is 57.7 Å². The molecule has 1 atom stereocenters. The molecule has 0 bridgehead atoms. The van der Waals surface area contributed by atoms with Gasteiger partial charge in [-0.25, -0.2) is 0 Å². The van der Waals surface area contributed by atoms with Gasteiger partial charge in [-0.05, 0) is 69.6 Å². The second-order valence-corrected chi connectivity index (χ2v) is 10.8. The predicted molar refractivity (Wildman–Crippen MR) is 153 cm³/mol. The molecule has 3 aliphatic rings. The SMILES string of the molecule is Cc1cccc2cccc(N3CCc4c(nc(OC[C@@H]5CCCN5C)nc4N4CCC(N)CC4)C3)c12.Cl. The third-order valence-corrected chi connectivity index (χ3v) is 8.37. The molecule has 0 spiro atoms. The first kappa shape index (κ1) is 26.0. The number of nitrogens with two attached hydrogens (primary N) is 1. The minimum absolute atomic E-state index is 0. The largest absolute Gasteiger partial charge is 0.462 e. The summed E-state index contributed by atoms with van der Waals surface area (Å²) in [7, 11) is 2.18. The Morgan fingerprint density at radius 2 is 1.76 bits per heavy atom. The Morgan fingerprint density at radius 1 is 0.973 bits per heavy atom. The van der Waals surface area contributed by atoms with Crippen molar-refractivity contribution in [3.05, 3.63) is 53.2 Å². The van der Waals surface area contributed by atoms with Gasteiger partial charge in [0.15, 0.2) is 0 Å². The van der Waals surface area contributed by atoms with E-state index in [0.717, 1.165) is 63.5 Å². The lowest BCUT2D eigenvalue weighted by molar-refractivity contribution is 0.187. The summed E-state index contributed by atoms with van der Waals surface area (Å²) in [4.78, 5) is 17.3. The van der Waals surface area contributed by atoms with E-state index in [1.807, 2.05) is 0 Å². The maximum atomic E-state index is 6.28. The number of fused-ring (bicyclic) bond motifs is 2. The van der Waals surface area contributed by atoms with Gasteiger partial charge in [-0.2, -0.15) is 9.97 Å². The van der Waals surface area contributed by atoms with Crippen molar-refractivity contribution in [3.63, 3.8) is 0 Å². The monoisotopic (exact) mass is 522 g/mol. The van der Waals surface area contributed by atoms with Gasteiger partial charge in [0, 0.05) is 48.4 Å². The minimum atomic E-state index is 0. The molecule has 2 fully saturated rings. The maximum Gasteiger partial charge on any atom is 0.318 e. The molecule has 3 aromatic rings. The topological polar surface area (TPSA) is 70.8 Å². The Bertz CT molecular complexity index is 1240. The van der Waals surface area contributed by atoms with Crippen molar-refractivity contribution in [2.75, 3.05) is 49.6 Å². The highest BCUT2D eigenvalue weighted by molar-refractivity contribution is 5.97. The van der Waals surface area contributed by atoms with Crippen LogP contribution in [-0.4, -0.2) is 66.8 Å². The Hall–Kier alpha value is -2.61. The van der Waals surface area contributed by atoms with Gasteiger partial charge in [-0.3, -0.25) is 0 Å². The molecule has 6 rings (SSSR count). The first-order valence-electron chi connectivity index (χ1n) is 13.5. The summed E-state index contributed by atoms with van der Waals surface area (Å²) in [6.07, 6.45) is 5.34. The molecule has 8 heteroatoms. The van der Waals surface area contributed by atoms with Gasteiger partial charge in [0.25, 0.3) is 0 Å². The number of aromatic nitrogens is 2. The number of likely N-dealkylation sites (N-methyl/N-ethyl adjacent to an activating group) is 1. The van der Waals surface area contributed by atoms with Crippen molar-refractivity contribution in [3.8, 4) is 6.01 Å². The standard InChI is InChI=1S/C29H38N6O.ClH/c1-20-6-3-7-21-8-4-10-26(27(20)21)35-17-13-24-25(18-35)31-29(36-19-23-9-5-14-33(23)2)32-28(24)34-15-11-22(30)12-16-34;/h3-4,6-8,10,22-23H,5,9,11-19,30H2,1-2H3;1H/t23-;/m0./s1. The zero-order valence-corrected chi connectivity index (χ0v) is 22.8. The number of hydrogen-bond acceptors (Lipinski definition) is 7. The lowest BCUT2D eigenvalue weighted by atomic mass is 9.99. The molecule has 2 aromatic carbocycles. The van der Waals surface area contributed by atoms with E-state index in [4.69, 9.17) is 20.4 Å². The number of aryl methyl sites for hydroxylation is 1. The molecule has 198 valence electrons. The molecule has 0 amide bonds. The number of ether oxygens (including phenoxy) is 1. The maximum absolute atomic E-state index is 6.28. The zero-order valence-electron chi connectivity index (χ0n) is 22.0. The number of anilines is 2. The molecule has 2 saturated heterocycles. The molecule has 1 aromatic heterocycles. The Kier molecular flexibility index (Phi) is 7.75. The Balaban J connectivity index is 0.00000280. The van der Waals surface area contributed by atoms with Crippen LogP contribution in [0, 0.1) is 6.92 Å². The van der Waals surface area contributed by atoms with Crippen LogP contribution in [0.25, 0.3) is 10.8 Å². The number of likely N-dealkylation sites (tertiary alicyclic amines) is 1. The van der Waals surface area contributed by atoms with Crippen LogP contribution in [0.15, 0.2) is 36.4 Å². The van der Waals surface area contributed by atoms with Crippen LogP contribution in [0.1, 0.15) is 42.5 Å². The average Bonchev–Trinajstić information content (AvgIpc) is 3.31. The molecule has 2 N–H and O–H groups in total. The van der Waals surface area contributed by atoms with Gasteiger partial charge in [-0.1, -0.05) is 30.3 Å². The van der Waals surface area contributed by atoms with Crippen LogP contribution in [0.2, 0.25) is 0 Å². The highest BCUT2D eigenvalue weighted by Crippen LogP contribution is 2.35. The normalized spacial score (nSPS) is 20.7. The predicted octanol–water partition coefficient (Wildman–Crippen LogP) is 4.32. The highest BCUT2D eigenvalue weighted by Gasteiger charge is 2.29. The summed E-state index contributed by atoms with van der Waals surface area (Å²) in [5, 5.41) is 2.62. The average molecular weight is 523 g/mol. The molecule has 0 unspecified atom stereocenters. The van der Waals surface area contributed by atoms with Gasteiger partial charge in [0.1, 0.15) is 12.4 Å². The van der Waals surface area contributed by atoms with Crippen molar-refractivity contribution >= 4 is 34.7 Å². The molecule has 3 aliphatic heterocycles. The van der Waals surface area contributed by atoms with Gasteiger partial charge < -0.3 is 25.2 Å². The minimum Gasteiger partial charge on any atom is -0.462 e. The summed E-state index contributed by atoms with van der Waals surface area (Å²) in [5.41, 5.74) is 11.2. The molecule has 0 radical (unpaired) electrons. The van der Waals surface area contributed by atoms with E-state index in [1.165, 1.54) is 40.4 Å². The smallest absolute Gasteiger partial charge is 0.318 e. The molecule has 37 heavy (non-hydrogen) atoms. The zero-order chi connectivity index (χ0) is 24.6. The Labute approximate surface area is 226 Å². The van der Waals surface area contributed by atoms with Crippen molar-refractivity contribution in [2.24, 2.45) is 5.73 Å². The van der Waals surface area contributed by atoms with E-state index < -0.39 is 0 Å². The molecular formula is C29H39ClN6O. The summed E-state index contributed by atoms with van der Waals surface area (Å²) >= 11 is 0. The van der Waals surface area contributed by atoms with Crippen molar-refractivity contribution in [1.29, 1.82) is 0 Å². The first-order valence-corrected chi connectivity index (χ1v) is 13.5. The number of rotatable bonds is 5. The number of piperidine rings is 1. The summed E-state index contributed by atoms with van der Waals surface area (Å²) in [6, 6.07) is 14.4. The number of nitrogens with zero attached hydrogens (tertiary/aromatic N) is 5. The second kappa shape index (κ2) is 11.0. The molecule has 0 saturated carbocycles. The van der Waals surface area contributed by atoms with Gasteiger partial charge >= 0.3 is 6.01 Å². The molecular weight excluding hydrogens is 484 g/mol. The van der Waals surface area contributed by atoms with E-state index in [0.29, 0.717) is 18.7 Å². The molecule has 4 heterocycles.